The molecule has 0 aromatic heterocycles. The Hall–Kier alpha value is -2.91. The van der Waals surface area contributed by atoms with Crippen molar-refractivity contribution < 1.29 is 22.7 Å². The highest BCUT2D eigenvalue weighted by Gasteiger charge is 2.30. The number of nitrogens with one attached hydrogen (secondary N) is 1. The van der Waals surface area contributed by atoms with E-state index < -0.39 is 11.7 Å². The van der Waals surface area contributed by atoms with E-state index in [0.717, 1.165) is 17.7 Å². The average molecular weight is 394 g/mol. The van der Waals surface area contributed by atoms with Crippen molar-refractivity contribution in [3.05, 3.63) is 70.8 Å². The second kappa shape index (κ2) is 9.70. The van der Waals surface area contributed by atoms with Gasteiger partial charge in [-0.1, -0.05) is 47.7 Å². The molecule has 27 heavy (non-hydrogen) atoms. The molecule has 3 nitrogen and oxygen atoms in total. The van der Waals surface area contributed by atoms with Crippen LogP contribution >= 0.6 is 11.6 Å². The third kappa shape index (κ3) is 7.08. The predicted molar refractivity (Wildman–Crippen MR) is 98.2 cm³/mol. The number of hydrogen-bond donors (Lipinski definition) is 1. The molecule has 0 saturated carbocycles. The molecule has 1 amide bonds. The van der Waals surface area contributed by atoms with Crippen molar-refractivity contribution in [3.8, 4) is 17.6 Å². The fourth-order valence-corrected chi connectivity index (χ4v) is 2.16. The summed E-state index contributed by atoms with van der Waals surface area (Å²) in [6, 6.07) is 11.6. The third-order valence-corrected chi connectivity index (χ3v) is 3.61. The minimum Gasteiger partial charge on any atom is -0.481 e. The molecule has 0 atom stereocenters. The Balaban J connectivity index is 1.75. The fraction of sp³-hybridized carbons (Fsp3) is 0.150. The lowest BCUT2D eigenvalue weighted by Gasteiger charge is -2.08. The number of alkyl halides is 3. The SMILES string of the molecule is O=C(/C=C/c1ccccc1Cl)NCC#CCOc1cccc(C(F)(F)F)c1. The van der Waals surface area contributed by atoms with Crippen LogP contribution < -0.4 is 10.1 Å². The molecule has 2 rings (SSSR count). The Morgan fingerprint density at radius 3 is 2.67 bits per heavy atom. The Bertz CT molecular complexity index is 883. The Kier molecular flexibility index (Phi) is 7.33. The van der Waals surface area contributed by atoms with Crippen LogP contribution in [0.4, 0.5) is 13.2 Å². The van der Waals surface area contributed by atoms with Crippen LogP contribution in [0.5, 0.6) is 5.75 Å². The highest BCUT2D eigenvalue weighted by Crippen LogP contribution is 2.31. The summed E-state index contributed by atoms with van der Waals surface area (Å²) < 4.78 is 42.9. The summed E-state index contributed by atoms with van der Waals surface area (Å²) in [5.74, 6) is 5.00. The molecule has 0 radical (unpaired) electrons. The van der Waals surface area contributed by atoms with Crippen molar-refractivity contribution in [2.24, 2.45) is 0 Å². The first-order valence-corrected chi connectivity index (χ1v) is 8.20. The van der Waals surface area contributed by atoms with Gasteiger partial charge in [0.25, 0.3) is 0 Å². The summed E-state index contributed by atoms with van der Waals surface area (Å²) in [5, 5.41) is 3.09. The smallest absolute Gasteiger partial charge is 0.416 e. The van der Waals surface area contributed by atoms with Crippen LogP contribution in [0.3, 0.4) is 0 Å². The maximum atomic E-state index is 12.6. The largest absolute Gasteiger partial charge is 0.481 e. The van der Waals surface area contributed by atoms with Gasteiger partial charge in [0.2, 0.25) is 5.91 Å². The van der Waals surface area contributed by atoms with Crippen LogP contribution in [0.2, 0.25) is 5.02 Å². The zero-order valence-electron chi connectivity index (χ0n) is 14.0. The van der Waals surface area contributed by atoms with Crippen LogP contribution in [0, 0.1) is 11.8 Å². The first-order chi connectivity index (χ1) is 12.9. The lowest BCUT2D eigenvalue weighted by Crippen LogP contribution is -2.21. The van der Waals surface area contributed by atoms with Gasteiger partial charge in [0.05, 0.1) is 12.1 Å². The molecule has 0 spiro atoms. The molecule has 7 heteroatoms. The molecule has 1 N–H and O–H groups in total. The first-order valence-electron chi connectivity index (χ1n) is 7.82. The Morgan fingerprint density at radius 2 is 1.93 bits per heavy atom. The van der Waals surface area contributed by atoms with Gasteiger partial charge in [0, 0.05) is 11.1 Å². The molecule has 2 aromatic carbocycles. The minimum absolute atomic E-state index is 0.0748. The zero-order valence-corrected chi connectivity index (χ0v) is 14.8. The average Bonchev–Trinajstić information content (AvgIpc) is 2.63. The van der Waals surface area contributed by atoms with E-state index in [0.29, 0.717) is 5.02 Å². The second-order valence-electron chi connectivity index (χ2n) is 5.24. The lowest BCUT2D eigenvalue weighted by atomic mass is 10.2. The van der Waals surface area contributed by atoms with Gasteiger partial charge in [0.1, 0.15) is 12.4 Å². The minimum atomic E-state index is -4.42. The number of carbonyl (C=O) groups excluding carboxylic acids is 1. The van der Waals surface area contributed by atoms with Crippen molar-refractivity contribution in [3.63, 3.8) is 0 Å². The monoisotopic (exact) mass is 393 g/mol. The maximum Gasteiger partial charge on any atom is 0.416 e. The van der Waals surface area contributed by atoms with Gasteiger partial charge < -0.3 is 10.1 Å². The molecule has 2 aromatic rings. The molecular formula is C20H15ClF3NO2. The van der Waals surface area contributed by atoms with Crippen molar-refractivity contribution in [2.45, 2.75) is 6.18 Å². The van der Waals surface area contributed by atoms with Gasteiger partial charge in [-0.2, -0.15) is 13.2 Å². The van der Waals surface area contributed by atoms with Crippen molar-refractivity contribution in [1.29, 1.82) is 0 Å². The van der Waals surface area contributed by atoms with Gasteiger partial charge >= 0.3 is 6.18 Å². The standard InChI is InChI=1S/C20H15ClF3NO2/c21-18-9-2-1-6-15(18)10-11-19(26)25-12-3-4-13-27-17-8-5-7-16(14-17)20(22,23)24/h1-2,5-11,14H,12-13H2,(H,25,26)/b11-10+. The number of ether oxygens (including phenoxy) is 1. The van der Waals surface area contributed by atoms with Gasteiger partial charge in [-0.3, -0.25) is 4.79 Å². The molecule has 0 aliphatic rings. The molecule has 140 valence electrons. The molecule has 0 bridgehead atoms. The quantitative estimate of drug-likeness (QED) is 0.597. The zero-order chi connectivity index (χ0) is 19.7. The summed E-state index contributed by atoms with van der Waals surface area (Å²) in [4.78, 5) is 11.7. The van der Waals surface area contributed by atoms with Crippen LogP contribution in [-0.2, 0) is 11.0 Å². The summed E-state index contributed by atoms with van der Waals surface area (Å²) in [7, 11) is 0. The van der Waals surface area contributed by atoms with Gasteiger partial charge in [-0.05, 0) is 35.9 Å². The first kappa shape index (κ1) is 20.4. The van der Waals surface area contributed by atoms with E-state index in [1.165, 1.54) is 18.2 Å². The summed E-state index contributed by atoms with van der Waals surface area (Å²) in [6.45, 7) is -0.00963. The fourth-order valence-electron chi connectivity index (χ4n) is 1.96. The van der Waals surface area contributed by atoms with E-state index in [9.17, 15) is 18.0 Å². The lowest BCUT2D eigenvalue weighted by molar-refractivity contribution is -0.137. The van der Waals surface area contributed by atoms with Crippen molar-refractivity contribution in [2.75, 3.05) is 13.2 Å². The van der Waals surface area contributed by atoms with Crippen LogP contribution in [0.1, 0.15) is 11.1 Å². The second-order valence-corrected chi connectivity index (χ2v) is 5.65. The normalized spacial score (nSPS) is 11.0. The van der Waals surface area contributed by atoms with E-state index in [1.807, 2.05) is 0 Å². The van der Waals surface area contributed by atoms with E-state index in [4.69, 9.17) is 16.3 Å². The highest BCUT2D eigenvalue weighted by atomic mass is 35.5. The van der Waals surface area contributed by atoms with E-state index in [-0.39, 0.29) is 24.8 Å². The molecule has 0 saturated heterocycles. The molecule has 0 unspecified atom stereocenters. The third-order valence-electron chi connectivity index (χ3n) is 3.27. The van der Waals surface area contributed by atoms with Gasteiger partial charge in [0.15, 0.2) is 0 Å². The summed E-state index contributed by atoms with van der Waals surface area (Å²) in [5.41, 5.74) is -0.0691. The number of benzene rings is 2. The number of halogens is 4. The summed E-state index contributed by atoms with van der Waals surface area (Å²) in [6.07, 6.45) is -1.50. The van der Waals surface area contributed by atoms with Crippen molar-refractivity contribution in [1.82, 2.24) is 5.32 Å². The molecule has 0 fully saturated rings. The molecule has 0 heterocycles. The van der Waals surface area contributed by atoms with Gasteiger partial charge in [-0.25, -0.2) is 0 Å². The summed E-state index contributed by atoms with van der Waals surface area (Å²) >= 11 is 5.97. The maximum absolute atomic E-state index is 12.6. The number of hydrogen-bond acceptors (Lipinski definition) is 2. The topological polar surface area (TPSA) is 38.3 Å². The van der Waals surface area contributed by atoms with E-state index in [2.05, 4.69) is 17.2 Å². The predicted octanol–water partition coefficient (Wildman–Crippen LogP) is 4.57. The molecule has 0 aliphatic heterocycles. The van der Waals surface area contributed by atoms with Crippen LogP contribution in [0.15, 0.2) is 54.6 Å². The number of carbonyl (C=O) groups is 1. The number of amides is 1. The van der Waals surface area contributed by atoms with E-state index >= 15 is 0 Å². The number of rotatable bonds is 5. The Labute approximate surface area is 159 Å². The van der Waals surface area contributed by atoms with Crippen LogP contribution in [-0.4, -0.2) is 19.1 Å². The van der Waals surface area contributed by atoms with Crippen LogP contribution in [0.25, 0.3) is 6.08 Å². The molecule has 0 aliphatic carbocycles. The van der Waals surface area contributed by atoms with E-state index in [1.54, 1.807) is 30.3 Å². The van der Waals surface area contributed by atoms with Gasteiger partial charge in [-0.15, -0.1) is 0 Å². The molecular weight excluding hydrogens is 379 g/mol. The van der Waals surface area contributed by atoms with Crippen molar-refractivity contribution >= 4 is 23.6 Å². The Morgan fingerprint density at radius 1 is 1.15 bits per heavy atom. The highest BCUT2D eigenvalue weighted by molar-refractivity contribution is 6.32.